The molecule has 0 radical (unpaired) electrons. The highest BCUT2D eigenvalue weighted by molar-refractivity contribution is 6.31. The van der Waals surface area contributed by atoms with Crippen LogP contribution < -0.4 is 0 Å². The van der Waals surface area contributed by atoms with Crippen molar-refractivity contribution >= 4 is 23.3 Å². The smallest absolute Gasteiger partial charge is 0.236 e. The van der Waals surface area contributed by atoms with Crippen LogP contribution in [-0.2, 0) is 4.79 Å². The molecule has 0 N–H and O–H groups in total. The first kappa shape index (κ1) is 16.7. The SMILES string of the molecule is CCN(CC)C(=O)CN(C)CC(=O)c1cccc(Cl)c1. The van der Waals surface area contributed by atoms with Gasteiger partial charge in [0.15, 0.2) is 5.78 Å². The minimum Gasteiger partial charge on any atom is -0.342 e. The number of halogens is 1. The molecular weight excluding hydrogens is 276 g/mol. The summed E-state index contributed by atoms with van der Waals surface area (Å²) in [6.07, 6.45) is 0. The van der Waals surface area contributed by atoms with Gasteiger partial charge in [0.25, 0.3) is 0 Å². The lowest BCUT2D eigenvalue weighted by Gasteiger charge is -2.22. The fourth-order valence-electron chi connectivity index (χ4n) is 1.96. The minimum atomic E-state index is -0.0395. The maximum absolute atomic E-state index is 12.1. The lowest BCUT2D eigenvalue weighted by Crippen LogP contribution is -2.40. The molecule has 0 bridgehead atoms. The number of rotatable bonds is 7. The molecule has 0 aromatic heterocycles. The van der Waals surface area contributed by atoms with Gasteiger partial charge in [0.05, 0.1) is 13.1 Å². The lowest BCUT2D eigenvalue weighted by molar-refractivity contribution is -0.131. The third kappa shape index (κ3) is 4.94. The van der Waals surface area contributed by atoms with Gasteiger partial charge in [-0.2, -0.15) is 0 Å². The van der Waals surface area contributed by atoms with Crippen LogP contribution in [-0.4, -0.2) is 54.7 Å². The summed E-state index contributed by atoms with van der Waals surface area (Å²) in [4.78, 5) is 27.5. The van der Waals surface area contributed by atoms with Gasteiger partial charge in [0.1, 0.15) is 0 Å². The number of carbonyl (C=O) groups excluding carboxylic acids is 2. The van der Waals surface area contributed by atoms with E-state index in [9.17, 15) is 9.59 Å². The van der Waals surface area contributed by atoms with Crippen molar-refractivity contribution in [2.75, 3.05) is 33.2 Å². The molecule has 110 valence electrons. The maximum atomic E-state index is 12.1. The Labute approximate surface area is 125 Å². The van der Waals surface area contributed by atoms with E-state index in [0.29, 0.717) is 23.7 Å². The molecule has 0 unspecified atom stereocenters. The van der Waals surface area contributed by atoms with Crippen molar-refractivity contribution in [2.24, 2.45) is 0 Å². The first-order chi connectivity index (χ1) is 9.47. The highest BCUT2D eigenvalue weighted by atomic mass is 35.5. The van der Waals surface area contributed by atoms with E-state index in [2.05, 4.69) is 0 Å². The predicted molar refractivity (Wildman–Crippen MR) is 81.2 cm³/mol. The van der Waals surface area contributed by atoms with Crippen molar-refractivity contribution in [1.82, 2.24) is 9.80 Å². The second-order valence-electron chi connectivity index (χ2n) is 4.67. The summed E-state index contributed by atoms with van der Waals surface area (Å²) in [5.74, 6) is -0.00117. The van der Waals surface area contributed by atoms with Gasteiger partial charge in [-0.3, -0.25) is 14.5 Å². The number of ketones is 1. The summed E-state index contributed by atoms with van der Waals surface area (Å²) in [6.45, 7) is 5.70. The van der Waals surface area contributed by atoms with Crippen molar-refractivity contribution in [3.8, 4) is 0 Å². The molecule has 0 heterocycles. The summed E-state index contributed by atoms with van der Waals surface area (Å²) in [6, 6.07) is 6.85. The number of hydrogen-bond donors (Lipinski definition) is 0. The Balaban J connectivity index is 2.56. The van der Waals surface area contributed by atoms with Gasteiger partial charge < -0.3 is 4.90 Å². The van der Waals surface area contributed by atoms with Crippen LogP contribution >= 0.6 is 11.6 Å². The molecule has 0 aliphatic carbocycles. The zero-order valence-electron chi connectivity index (χ0n) is 12.2. The monoisotopic (exact) mass is 296 g/mol. The average Bonchev–Trinajstić information content (AvgIpc) is 2.39. The summed E-state index contributed by atoms with van der Waals surface area (Å²) in [5, 5.41) is 0.540. The summed E-state index contributed by atoms with van der Waals surface area (Å²) in [5.41, 5.74) is 0.569. The molecule has 1 amide bonds. The standard InChI is InChI=1S/C15H21ClN2O2/c1-4-18(5-2)15(20)11-17(3)10-14(19)12-7-6-8-13(16)9-12/h6-9H,4-5,10-11H2,1-3H3. The second kappa shape index (κ2) is 8.02. The molecule has 0 spiro atoms. The van der Waals surface area contributed by atoms with E-state index in [4.69, 9.17) is 11.6 Å². The molecule has 1 aromatic rings. The Kier molecular flexibility index (Phi) is 6.68. The quantitative estimate of drug-likeness (QED) is 0.725. The number of likely N-dealkylation sites (N-methyl/N-ethyl adjacent to an activating group) is 2. The molecule has 20 heavy (non-hydrogen) atoms. The van der Waals surface area contributed by atoms with Gasteiger partial charge in [-0.1, -0.05) is 23.7 Å². The van der Waals surface area contributed by atoms with E-state index < -0.39 is 0 Å². The number of benzene rings is 1. The molecule has 0 saturated heterocycles. The van der Waals surface area contributed by atoms with Gasteiger partial charge in [-0.25, -0.2) is 0 Å². The third-order valence-electron chi connectivity index (χ3n) is 3.08. The Morgan fingerprint density at radius 3 is 2.35 bits per heavy atom. The van der Waals surface area contributed by atoms with Crippen LogP contribution in [0.1, 0.15) is 24.2 Å². The largest absolute Gasteiger partial charge is 0.342 e. The lowest BCUT2D eigenvalue weighted by atomic mass is 10.1. The minimum absolute atomic E-state index is 0.0383. The Hall–Kier alpha value is -1.39. The van der Waals surface area contributed by atoms with E-state index in [1.807, 2.05) is 13.8 Å². The molecule has 4 nitrogen and oxygen atoms in total. The van der Waals surface area contributed by atoms with Crippen LogP contribution in [0.15, 0.2) is 24.3 Å². The molecule has 0 aliphatic rings. The summed E-state index contributed by atoms with van der Waals surface area (Å²) < 4.78 is 0. The van der Waals surface area contributed by atoms with Crippen LogP contribution in [0.2, 0.25) is 5.02 Å². The zero-order valence-corrected chi connectivity index (χ0v) is 13.0. The predicted octanol–water partition coefficient (Wildman–Crippen LogP) is 2.32. The van der Waals surface area contributed by atoms with Crippen LogP contribution in [0, 0.1) is 0 Å². The number of hydrogen-bond acceptors (Lipinski definition) is 3. The summed E-state index contributed by atoms with van der Waals surface area (Å²) >= 11 is 5.86. The van der Waals surface area contributed by atoms with Gasteiger partial charge in [0, 0.05) is 23.7 Å². The van der Waals surface area contributed by atoms with Gasteiger partial charge in [0.2, 0.25) is 5.91 Å². The van der Waals surface area contributed by atoms with Crippen molar-refractivity contribution in [3.05, 3.63) is 34.9 Å². The first-order valence-corrected chi connectivity index (χ1v) is 7.10. The number of Topliss-reactive ketones (excluding diaryl/α,β-unsaturated/α-hetero) is 1. The fraction of sp³-hybridized carbons (Fsp3) is 0.467. The Morgan fingerprint density at radius 1 is 1.15 bits per heavy atom. The number of nitrogens with zero attached hydrogens (tertiary/aromatic N) is 2. The molecule has 0 fully saturated rings. The van der Waals surface area contributed by atoms with E-state index in [1.54, 1.807) is 41.1 Å². The van der Waals surface area contributed by atoms with Crippen molar-refractivity contribution in [1.29, 1.82) is 0 Å². The topological polar surface area (TPSA) is 40.6 Å². The fourth-order valence-corrected chi connectivity index (χ4v) is 2.15. The van der Waals surface area contributed by atoms with Crippen LogP contribution in [0.5, 0.6) is 0 Å². The second-order valence-corrected chi connectivity index (χ2v) is 5.11. The van der Waals surface area contributed by atoms with Crippen LogP contribution in [0.25, 0.3) is 0 Å². The number of carbonyl (C=O) groups is 2. The normalized spacial score (nSPS) is 10.7. The zero-order chi connectivity index (χ0) is 15.1. The van der Waals surface area contributed by atoms with E-state index >= 15 is 0 Å². The highest BCUT2D eigenvalue weighted by Crippen LogP contribution is 2.11. The molecule has 0 saturated carbocycles. The van der Waals surface area contributed by atoms with Gasteiger partial charge in [-0.15, -0.1) is 0 Å². The van der Waals surface area contributed by atoms with Gasteiger partial charge >= 0.3 is 0 Å². The van der Waals surface area contributed by atoms with Crippen molar-refractivity contribution in [3.63, 3.8) is 0 Å². The van der Waals surface area contributed by atoms with E-state index in [1.165, 1.54) is 0 Å². The Bertz CT molecular complexity index is 473. The molecule has 0 atom stereocenters. The summed E-state index contributed by atoms with van der Waals surface area (Å²) in [7, 11) is 1.77. The molecular formula is C15H21ClN2O2. The van der Waals surface area contributed by atoms with Crippen LogP contribution in [0.4, 0.5) is 0 Å². The number of amides is 1. The van der Waals surface area contributed by atoms with Crippen molar-refractivity contribution < 1.29 is 9.59 Å². The molecule has 1 rings (SSSR count). The first-order valence-electron chi connectivity index (χ1n) is 6.73. The average molecular weight is 297 g/mol. The van der Waals surface area contributed by atoms with E-state index in [0.717, 1.165) is 0 Å². The Morgan fingerprint density at radius 2 is 1.80 bits per heavy atom. The van der Waals surface area contributed by atoms with E-state index in [-0.39, 0.29) is 24.8 Å². The molecule has 0 aliphatic heterocycles. The molecule has 5 heteroatoms. The maximum Gasteiger partial charge on any atom is 0.236 e. The molecule has 1 aromatic carbocycles. The van der Waals surface area contributed by atoms with Crippen molar-refractivity contribution in [2.45, 2.75) is 13.8 Å². The van der Waals surface area contributed by atoms with Gasteiger partial charge in [-0.05, 0) is 33.0 Å². The third-order valence-corrected chi connectivity index (χ3v) is 3.32. The highest BCUT2D eigenvalue weighted by Gasteiger charge is 2.15. The van der Waals surface area contributed by atoms with Crippen LogP contribution in [0.3, 0.4) is 0 Å².